The van der Waals surface area contributed by atoms with Gasteiger partial charge in [0.1, 0.15) is 10.1 Å². The number of piperazine rings is 1. The number of hydrogen-bond donors (Lipinski definition) is 1. The van der Waals surface area contributed by atoms with Crippen molar-refractivity contribution in [2.75, 3.05) is 30.9 Å². The number of pyridine rings is 1. The number of benzene rings is 2. The lowest BCUT2D eigenvalue weighted by Gasteiger charge is -2.36. The van der Waals surface area contributed by atoms with Crippen LogP contribution in [0.3, 0.4) is 0 Å². The summed E-state index contributed by atoms with van der Waals surface area (Å²) in [6.07, 6.45) is 3.56. The largest absolute Gasteiger partial charge is 0.354 e. The summed E-state index contributed by atoms with van der Waals surface area (Å²) in [4.78, 5) is 20.9. The summed E-state index contributed by atoms with van der Waals surface area (Å²) >= 11 is 7.15. The first-order chi connectivity index (χ1) is 16.8. The number of halogens is 1. The van der Waals surface area contributed by atoms with Gasteiger partial charge in [0.25, 0.3) is 15.9 Å². The van der Waals surface area contributed by atoms with Gasteiger partial charge in [0.05, 0.1) is 4.90 Å². The number of carbonyl (C=O) groups excluding carboxylic acids is 1. The highest BCUT2D eigenvalue weighted by Crippen LogP contribution is 2.20. The van der Waals surface area contributed by atoms with E-state index in [0.29, 0.717) is 37.4 Å². The maximum Gasteiger partial charge on any atom is 0.261 e. The second-order valence-corrected chi connectivity index (χ2v) is 11.1. The molecule has 1 aliphatic rings. The maximum atomic E-state index is 13.1. The molecule has 0 radical (unpaired) electrons. The van der Waals surface area contributed by atoms with Crippen molar-refractivity contribution in [3.05, 3.63) is 90.0 Å². The third-order valence-electron chi connectivity index (χ3n) is 5.42. The van der Waals surface area contributed by atoms with Gasteiger partial charge in [0, 0.05) is 55.6 Å². The number of thiocarbonyl (C=S) groups is 1. The monoisotopic (exact) mass is 530 g/mol. The standard InChI is InChI=1S/C24H23FN4O3S3/c25-20-5-9-22(10-6-20)35(31,32)27-21-7-3-19(4-8-21)23(30)28-12-14-29(15-13-28)24(33)34-17-18-2-1-11-26-16-18/h1-11,16,27H,12-15,17H2. The number of rotatable bonds is 6. The number of nitrogens with zero attached hydrogens (tertiary/aromatic N) is 3. The van der Waals surface area contributed by atoms with Gasteiger partial charge in [-0.3, -0.25) is 14.5 Å². The van der Waals surface area contributed by atoms with Crippen LogP contribution in [0.15, 0.2) is 78.0 Å². The van der Waals surface area contributed by atoms with E-state index in [1.165, 1.54) is 24.3 Å². The molecule has 1 saturated heterocycles. The zero-order valence-electron chi connectivity index (χ0n) is 18.6. The number of hydrogen-bond acceptors (Lipinski definition) is 6. The summed E-state index contributed by atoms with van der Waals surface area (Å²) in [5.74, 6) is 0.118. The van der Waals surface area contributed by atoms with Crippen LogP contribution in [-0.2, 0) is 15.8 Å². The molecule has 11 heteroatoms. The van der Waals surface area contributed by atoms with E-state index in [2.05, 4.69) is 14.6 Å². The van der Waals surface area contributed by atoms with Gasteiger partial charge in [-0.2, -0.15) is 0 Å². The highest BCUT2D eigenvalue weighted by molar-refractivity contribution is 8.22. The Morgan fingerprint density at radius 1 is 1.00 bits per heavy atom. The molecule has 0 unspecified atom stereocenters. The summed E-state index contributed by atoms with van der Waals surface area (Å²) in [6.45, 7) is 2.40. The van der Waals surface area contributed by atoms with Crippen molar-refractivity contribution < 1.29 is 17.6 Å². The number of nitrogens with one attached hydrogen (secondary N) is 1. The Hall–Kier alpha value is -3.02. The molecule has 0 atom stereocenters. The van der Waals surface area contributed by atoms with Gasteiger partial charge in [-0.15, -0.1) is 0 Å². The average molecular weight is 531 g/mol. The molecule has 7 nitrogen and oxygen atoms in total. The molecule has 182 valence electrons. The van der Waals surface area contributed by atoms with Crippen LogP contribution in [0.4, 0.5) is 10.1 Å². The zero-order chi connectivity index (χ0) is 24.8. The van der Waals surface area contributed by atoms with E-state index in [1.54, 1.807) is 35.0 Å². The maximum absolute atomic E-state index is 13.1. The highest BCUT2D eigenvalue weighted by Gasteiger charge is 2.24. The van der Waals surface area contributed by atoms with Gasteiger partial charge in [-0.25, -0.2) is 12.8 Å². The number of anilines is 1. The molecule has 35 heavy (non-hydrogen) atoms. The molecule has 0 aliphatic carbocycles. The van der Waals surface area contributed by atoms with Crippen LogP contribution < -0.4 is 4.72 Å². The second-order valence-electron chi connectivity index (χ2n) is 7.83. The van der Waals surface area contributed by atoms with Gasteiger partial charge < -0.3 is 9.80 Å². The molecule has 0 bridgehead atoms. The minimum Gasteiger partial charge on any atom is -0.354 e. The third-order valence-corrected chi connectivity index (χ3v) is 8.41. The Kier molecular flexibility index (Phi) is 7.99. The second kappa shape index (κ2) is 11.1. The number of amides is 1. The molecule has 2 aromatic carbocycles. The van der Waals surface area contributed by atoms with Crippen molar-refractivity contribution in [2.24, 2.45) is 0 Å². The topological polar surface area (TPSA) is 82.6 Å². The van der Waals surface area contributed by atoms with Crippen LogP contribution in [-0.4, -0.2) is 59.6 Å². The van der Waals surface area contributed by atoms with Crippen molar-refractivity contribution in [3.8, 4) is 0 Å². The summed E-state index contributed by atoms with van der Waals surface area (Å²) in [7, 11) is -3.86. The molecule has 3 aromatic rings. The van der Waals surface area contributed by atoms with Crippen molar-refractivity contribution in [1.29, 1.82) is 0 Å². The molecule has 1 N–H and O–H groups in total. The molecule has 2 heterocycles. The number of aromatic nitrogens is 1. The SMILES string of the molecule is O=C(c1ccc(NS(=O)(=O)c2ccc(F)cc2)cc1)N1CCN(C(=S)SCc2cccnc2)CC1. The van der Waals surface area contributed by atoms with Gasteiger partial charge >= 0.3 is 0 Å². The van der Waals surface area contributed by atoms with Crippen molar-refractivity contribution in [3.63, 3.8) is 0 Å². The molecule has 0 spiro atoms. The Balaban J connectivity index is 1.29. The molecule has 0 saturated carbocycles. The van der Waals surface area contributed by atoms with E-state index < -0.39 is 15.8 Å². The van der Waals surface area contributed by atoms with E-state index in [1.807, 2.05) is 18.3 Å². The summed E-state index contributed by atoms with van der Waals surface area (Å²) in [6, 6.07) is 14.7. The third kappa shape index (κ3) is 6.56. The lowest BCUT2D eigenvalue weighted by atomic mass is 10.1. The van der Waals surface area contributed by atoms with Crippen molar-refractivity contribution >= 4 is 49.9 Å². The fourth-order valence-electron chi connectivity index (χ4n) is 3.50. The van der Waals surface area contributed by atoms with Crippen LogP contribution in [0.25, 0.3) is 0 Å². The molecular weight excluding hydrogens is 507 g/mol. The van der Waals surface area contributed by atoms with Crippen LogP contribution >= 0.6 is 24.0 Å². The molecule has 1 fully saturated rings. The number of sulfonamides is 1. The van der Waals surface area contributed by atoms with E-state index in [0.717, 1.165) is 27.8 Å². The lowest BCUT2D eigenvalue weighted by Crippen LogP contribution is -2.49. The quantitative estimate of drug-likeness (QED) is 0.483. The summed E-state index contributed by atoms with van der Waals surface area (Å²) in [5.41, 5.74) is 1.89. The minimum atomic E-state index is -3.86. The lowest BCUT2D eigenvalue weighted by molar-refractivity contribution is 0.0695. The Bertz CT molecular complexity index is 1280. The number of carbonyl (C=O) groups is 1. The summed E-state index contributed by atoms with van der Waals surface area (Å²) < 4.78 is 41.2. The first-order valence-corrected chi connectivity index (χ1v) is 13.7. The fraction of sp³-hybridized carbons (Fsp3) is 0.208. The van der Waals surface area contributed by atoms with E-state index in [-0.39, 0.29) is 10.8 Å². The molecule has 4 rings (SSSR count). The van der Waals surface area contributed by atoms with Crippen LogP contribution in [0.2, 0.25) is 0 Å². The number of thioether (sulfide) groups is 1. The fourth-order valence-corrected chi connectivity index (χ4v) is 5.75. The van der Waals surface area contributed by atoms with Gasteiger partial charge in [0.2, 0.25) is 0 Å². The van der Waals surface area contributed by atoms with Gasteiger partial charge in [0.15, 0.2) is 0 Å². The molecule has 1 amide bonds. The van der Waals surface area contributed by atoms with Gasteiger partial charge in [-0.05, 0) is 60.2 Å². The Morgan fingerprint density at radius 2 is 1.66 bits per heavy atom. The predicted octanol–water partition coefficient (Wildman–Crippen LogP) is 4.00. The zero-order valence-corrected chi connectivity index (χ0v) is 21.1. The first kappa shape index (κ1) is 25.1. The van der Waals surface area contributed by atoms with Gasteiger partial charge in [-0.1, -0.05) is 30.0 Å². The Morgan fingerprint density at radius 3 is 2.29 bits per heavy atom. The van der Waals surface area contributed by atoms with Crippen LogP contribution in [0.1, 0.15) is 15.9 Å². The molecule has 1 aliphatic heterocycles. The van der Waals surface area contributed by atoms with Crippen molar-refractivity contribution in [2.45, 2.75) is 10.6 Å². The average Bonchev–Trinajstić information content (AvgIpc) is 2.88. The Labute approximate surface area is 213 Å². The van der Waals surface area contributed by atoms with Crippen LogP contribution in [0, 0.1) is 5.82 Å². The van der Waals surface area contributed by atoms with E-state index in [4.69, 9.17) is 12.2 Å². The molecule has 1 aromatic heterocycles. The normalized spacial score (nSPS) is 14.0. The molecular formula is C24H23FN4O3S3. The van der Waals surface area contributed by atoms with Crippen molar-refractivity contribution in [1.82, 2.24) is 14.8 Å². The smallest absolute Gasteiger partial charge is 0.261 e. The highest BCUT2D eigenvalue weighted by atomic mass is 32.2. The van der Waals surface area contributed by atoms with Crippen LogP contribution in [0.5, 0.6) is 0 Å². The van der Waals surface area contributed by atoms with E-state index in [9.17, 15) is 17.6 Å². The minimum absolute atomic E-state index is 0.0477. The van der Waals surface area contributed by atoms with E-state index >= 15 is 0 Å². The first-order valence-electron chi connectivity index (χ1n) is 10.8. The predicted molar refractivity (Wildman–Crippen MR) is 139 cm³/mol. The summed E-state index contributed by atoms with van der Waals surface area (Å²) in [5, 5.41) is 0.